The number of imide groups is 2. The highest BCUT2D eigenvalue weighted by molar-refractivity contribution is 6.39. The van der Waals surface area contributed by atoms with E-state index < -0.39 is 39.1 Å². The number of ether oxygens (including phenoxy) is 1. The lowest BCUT2D eigenvalue weighted by atomic mass is 10.1. The maximum Gasteiger partial charge on any atom is 0.335 e. The topological polar surface area (TPSA) is 182 Å². The van der Waals surface area contributed by atoms with E-state index in [4.69, 9.17) is 4.74 Å². The SMILES string of the molecule is O=C1NC(=O)N(c2ccc(O)cc2)C(=O)/C1=C/c1ccc(Oc2ccc([N+](=O)[O-])cc2[N+](=O)[O-])cc1. The maximum atomic E-state index is 12.9. The Balaban J connectivity index is 1.58. The van der Waals surface area contributed by atoms with E-state index in [2.05, 4.69) is 5.32 Å². The fourth-order valence-electron chi connectivity index (χ4n) is 3.27. The average Bonchev–Trinajstić information content (AvgIpc) is 2.84. The zero-order valence-electron chi connectivity index (χ0n) is 18.0. The van der Waals surface area contributed by atoms with Gasteiger partial charge in [-0.25, -0.2) is 9.69 Å². The lowest BCUT2D eigenvalue weighted by molar-refractivity contribution is -0.394. The van der Waals surface area contributed by atoms with E-state index in [1.807, 2.05) is 0 Å². The molecule has 0 saturated carbocycles. The summed E-state index contributed by atoms with van der Waals surface area (Å²) in [6.07, 6.45) is 1.25. The lowest BCUT2D eigenvalue weighted by Crippen LogP contribution is -2.54. The summed E-state index contributed by atoms with van der Waals surface area (Å²) in [5.74, 6) is -1.93. The summed E-state index contributed by atoms with van der Waals surface area (Å²) in [7, 11) is 0. The number of benzene rings is 3. The van der Waals surface area contributed by atoms with Crippen LogP contribution in [0.2, 0.25) is 0 Å². The Kier molecular flexibility index (Phi) is 6.11. The molecule has 13 nitrogen and oxygen atoms in total. The van der Waals surface area contributed by atoms with Gasteiger partial charge in [-0.3, -0.25) is 35.1 Å². The first-order valence-corrected chi connectivity index (χ1v) is 10.1. The van der Waals surface area contributed by atoms with Gasteiger partial charge in [0.2, 0.25) is 5.75 Å². The van der Waals surface area contributed by atoms with E-state index in [0.717, 1.165) is 23.1 Å². The number of nitro groups is 2. The number of urea groups is 1. The highest BCUT2D eigenvalue weighted by Crippen LogP contribution is 2.34. The third-order valence-corrected chi connectivity index (χ3v) is 4.98. The maximum absolute atomic E-state index is 12.9. The molecule has 2 N–H and O–H groups in total. The highest BCUT2D eigenvalue weighted by Gasteiger charge is 2.36. The van der Waals surface area contributed by atoms with Gasteiger partial charge in [-0.05, 0) is 54.1 Å². The Morgan fingerprint density at radius 1 is 0.889 bits per heavy atom. The van der Waals surface area contributed by atoms with Crippen molar-refractivity contribution in [2.75, 3.05) is 4.90 Å². The Hall–Kier alpha value is -5.59. The smallest absolute Gasteiger partial charge is 0.335 e. The molecular weight excluding hydrogens is 476 g/mol. The molecule has 0 radical (unpaired) electrons. The van der Waals surface area contributed by atoms with Crippen LogP contribution in [0.4, 0.5) is 21.9 Å². The number of carbonyl (C=O) groups excluding carboxylic acids is 3. The summed E-state index contributed by atoms with van der Waals surface area (Å²) in [5, 5.41) is 33.7. The van der Waals surface area contributed by atoms with Crippen LogP contribution in [0.1, 0.15) is 5.56 Å². The number of non-ortho nitro benzene ring substituents is 1. The summed E-state index contributed by atoms with van der Waals surface area (Å²) in [4.78, 5) is 58.8. The zero-order valence-corrected chi connectivity index (χ0v) is 18.0. The number of phenolic OH excluding ortho intramolecular Hbond substituents is 1. The van der Waals surface area contributed by atoms with Crippen molar-refractivity contribution in [3.63, 3.8) is 0 Å². The number of aromatic hydroxyl groups is 1. The first kappa shape index (κ1) is 23.6. The third kappa shape index (κ3) is 4.70. The number of nitrogens with one attached hydrogen (secondary N) is 1. The molecule has 1 heterocycles. The molecule has 1 fully saturated rings. The van der Waals surface area contributed by atoms with Gasteiger partial charge >= 0.3 is 11.7 Å². The largest absolute Gasteiger partial charge is 0.508 e. The molecule has 3 aromatic rings. The minimum Gasteiger partial charge on any atom is -0.508 e. The summed E-state index contributed by atoms with van der Waals surface area (Å²) in [6.45, 7) is 0. The Bertz CT molecular complexity index is 1450. The first-order chi connectivity index (χ1) is 17.1. The Labute approximate surface area is 201 Å². The molecule has 0 aliphatic carbocycles. The van der Waals surface area contributed by atoms with Gasteiger partial charge in [0.15, 0.2) is 0 Å². The van der Waals surface area contributed by atoms with E-state index in [1.54, 1.807) is 0 Å². The van der Waals surface area contributed by atoms with E-state index >= 15 is 0 Å². The van der Waals surface area contributed by atoms with Crippen LogP contribution < -0.4 is 15.0 Å². The molecule has 1 aliphatic heterocycles. The van der Waals surface area contributed by atoms with Crippen molar-refractivity contribution in [2.45, 2.75) is 0 Å². The molecule has 4 rings (SSSR count). The van der Waals surface area contributed by atoms with Crippen molar-refractivity contribution in [1.82, 2.24) is 5.32 Å². The molecule has 1 aliphatic rings. The fraction of sp³-hybridized carbons (Fsp3) is 0. The van der Waals surface area contributed by atoms with Crippen molar-refractivity contribution >= 4 is 41.0 Å². The van der Waals surface area contributed by atoms with Crippen LogP contribution in [-0.4, -0.2) is 32.8 Å². The normalized spacial score (nSPS) is 14.5. The van der Waals surface area contributed by atoms with E-state index in [0.29, 0.717) is 5.56 Å². The van der Waals surface area contributed by atoms with Crippen LogP contribution in [0.15, 0.2) is 72.3 Å². The average molecular weight is 490 g/mol. The molecule has 3 aromatic carbocycles. The molecule has 0 aromatic heterocycles. The zero-order chi connectivity index (χ0) is 26.0. The third-order valence-electron chi connectivity index (χ3n) is 4.98. The van der Waals surface area contributed by atoms with Crippen molar-refractivity contribution in [1.29, 1.82) is 0 Å². The number of nitrogens with zero attached hydrogens (tertiary/aromatic N) is 3. The van der Waals surface area contributed by atoms with Crippen molar-refractivity contribution < 1.29 is 34.1 Å². The van der Waals surface area contributed by atoms with Crippen molar-refractivity contribution in [3.8, 4) is 17.2 Å². The lowest BCUT2D eigenvalue weighted by Gasteiger charge is -2.26. The van der Waals surface area contributed by atoms with Crippen molar-refractivity contribution in [2.24, 2.45) is 0 Å². The summed E-state index contributed by atoms with van der Waals surface area (Å²) >= 11 is 0. The van der Waals surface area contributed by atoms with Crippen LogP contribution in [0.25, 0.3) is 6.08 Å². The molecule has 13 heteroatoms. The van der Waals surface area contributed by atoms with Crippen LogP contribution in [-0.2, 0) is 9.59 Å². The highest BCUT2D eigenvalue weighted by atomic mass is 16.6. The van der Waals surface area contributed by atoms with Crippen molar-refractivity contribution in [3.05, 3.63) is 98.1 Å². The molecule has 0 atom stereocenters. The van der Waals surface area contributed by atoms with Gasteiger partial charge in [-0.2, -0.15) is 0 Å². The molecule has 0 unspecified atom stereocenters. The number of barbiturate groups is 1. The second kappa shape index (κ2) is 9.34. The molecule has 4 amide bonds. The summed E-state index contributed by atoms with van der Waals surface area (Å²) in [6, 6.07) is 13.0. The molecule has 1 saturated heterocycles. The van der Waals surface area contributed by atoms with Gasteiger partial charge in [0.25, 0.3) is 17.5 Å². The molecule has 36 heavy (non-hydrogen) atoms. The fourth-order valence-corrected chi connectivity index (χ4v) is 3.27. The Morgan fingerprint density at radius 3 is 2.17 bits per heavy atom. The summed E-state index contributed by atoms with van der Waals surface area (Å²) in [5.41, 5.74) is -0.881. The van der Waals surface area contributed by atoms with Gasteiger partial charge in [0.1, 0.15) is 17.1 Å². The van der Waals surface area contributed by atoms with Crippen LogP contribution in [0.3, 0.4) is 0 Å². The predicted octanol–water partition coefficient (Wildman–Crippen LogP) is 3.67. The van der Waals surface area contributed by atoms with Crippen LogP contribution in [0, 0.1) is 20.2 Å². The van der Waals surface area contributed by atoms with Gasteiger partial charge in [-0.15, -0.1) is 0 Å². The second-order valence-corrected chi connectivity index (χ2v) is 7.31. The molecular formula is C23H14N4O9. The number of hydrogen-bond acceptors (Lipinski definition) is 9. The number of nitro benzene ring substituents is 2. The van der Waals surface area contributed by atoms with Gasteiger partial charge < -0.3 is 9.84 Å². The Morgan fingerprint density at radius 2 is 1.56 bits per heavy atom. The quantitative estimate of drug-likeness (QED) is 0.225. The number of amides is 4. The van der Waals surface area contributed by atoms with Crippen LogP contribution >= 0.6 is 0 Å². The number of hydrogen-bond donors (Lipinski definition) is 2. The minimum atomic E-state index is -0.943. The molecule has 0 bridgehead atoms. The van der Waals surface area contributed by atoms with E-state index in [9.17, 15) is 39.7 Å². The van der Waals surface area contributed by atoms with Crippen LogP contribution in [0.5, 0.6) is 17.2 Å². The minimum absolute atomic E-state index is 0.0724. The number of phenols is 1. The summed E-state index contributed by atoms with van der Waals surface area (Å²) < 4.78 is 5.49. The van der Waals surface area contributed by atoms with E-state index in [-0.39, 0.29) is 28.5 Å². The monoisotopic (exact) mass is 490 g/mol. The number of rotatable bonds is 6. The molecule has 0 spiro atoms. The van der Waals surface area contributed by atoms with Gasteiger partial charge in [0, 0.05) is 6.07 Å². The van der Waals surface area contributed by atoms with E-state index in [1.165, 1.54) is 54.6 Å². The first-order valence-electron chi connectivity index (χ1n) is 10.1. The predicted molar refractivity (Wildman–Crippen MR) is 123 cm³/mol. The standard InChI is InChI=1S/C23H14N4O9/c28-16-6-3-14(4-7-16)25-22(30)18(21(29)24-23(25)31)11-13-1-8-17(9-2-13)36-20-10-5-15(26(32)33)12-19(20)27(34)35/h1-12,28H,(H,24,29,31)/b18-11+. The second-order valence-electron chi connectivity index (χ2n) is 7.31. The van der Waals surface area contributed by atoms with Gasteiger partial charge in [0.05, 0.1) is 21.6 Å². The number of anilines is 1. The number of carbonyl (C=O) groups is 3. The molecule has 180 valence electrons. The van der Waals surface area contributed by atoms with Gasteiger partial charge in [-0.1, -0.05) is 12.1 Å².